The van der Waals surface area contributed by atoms with Crippen LogP contribution in [-0.2, 0) is 11.3 Å². The van der Waals surface area contributed by atoms with Crippen molar-refractivity contribution in [1.29, 1.82) is 0 Å². The zero-order chi connectivity index (χ0) is 11.5. The van der Waals surface area contributed by atoms with E-state index in [9.17, 15) is 4.79 Å². The van der Waals surface area contributed by atoms with Crippen molar-refractivity contribution in [3.8, 4) is 0 Å². The van der Waals surface area contributed by atoms with E-state index < -0.39 is 0 Å². The lowest BCUT2D eigenvalue weighted by atomic mass is 10.0. The molecule has 0 aliphatic carbocycles. The normalized spacial score (nSPS) is 17.6. The van der Waals surface area contributed by atoms with E-state index in [0.29, 0.717) is 12.5 Å². The van der Waals surface area contributed by atoms with E-state index in [0.717, 1.165) is 26.1 Å². The van der Waals surface area contributed by atoms with Crippen molar-refractivity contribution in [3.05, 3.63) is 26.6 Å². The predicted molar refractivity (Wildman–Crippen MR) is 62.1 cm³/mol. The summed E-state index contributed by atoms with van der Waals surface area (Å²) in [6.07, 6.45) is 3.31. The molecular formula is C10H12Cl2N2O2. The molecule has 4 nitrogen and oxygen atoms in total. The van der Waals surface area contributed by atoms with Crippen LogP contribution in [0, 0.1) is 5.92 Å². The second kappa shape index (κ2) is 5.17. The number of hydrogen-bond donors (Lipinski definition) is 0. The molecule has 1 aromatic heterocycles. The number of halogens is 2. The Bertz CT molecular complexity index is 427. The van der Waals surface area contributed by atoms with Gasteiger partial charge in [-0.25, -0.2) is 4.68 Å². The highest BCUT2D eigenvalue weighted by molar-refractivity contribution is 6.41. The Morgan fingerprint density at radius 3 is 2.81 bits per heavy atom. The highest BCUT2D eigenvalue weighted by Gasteiger charge is 2.16. The second-order valence-corrected chi connectivity index (χ2v) is 4.63. The molecule has 2 heterocycles. The smallest absolute Gasteiger partial charge is 0.287 e. The predicted octanol–water partition coefficient (Wildman–Crippen LogP) is 1.98. The van der Waals surface area contributed by atoms with Gasteiger partial charge in [-0.3, -0.25) is 4.79 Å². The minimum absolute atomic E-state index is 0.0451. The van der Waals surface area contributed by atoms with Gasteiger partial charge in [-0.05, 0) is 18.8 Å². The lowest BCUT2D eigenvalue weighted by molar-refractivity contribution is 0.0596. The third-order valence-electron chi connectivity index (χ3n) is 2.71. The fourth-order valence-corrected chi connectivity index (χ4v) is 2.02. The number of rotatable bonds is 2. The third kappa shape index (κ3) is 2.56. The van der Waals surface area contributed by atoms with E-state index in [1.807, 2.05) is 0 Å². The van der Waals surface area contributed by atoms with Gasteiger partial charge in [0.2, 0.25) is 0 Å². The summed E-state index contributed by atoms with van der Waals surface area (Å²) in [7, 11) is 0. The third-order valence-corrected chi connectivity index (χ3v) is 3.46. The number of aromatic nitrogens is 2. The molecule has 0 saturated carbocycles. The Hall–Kier alpha value is -0.580. The number of nitrogens with zero attached hydrogens (tertiary/aromatic N) is 2. The standard InChI is InChI=1S/C10H12Cl2N2O2/c11-8-5-13-14(10(15)9(8)12)6-7-1-3-16-4-2-7/h5,7H,1-4,6H2. The Labute approximate surface area is 103 Å². The van der Waals surface area contributed by atoms with Gasteiger partial charge in [-0.2, -0.15) is 5.10 Å². The molecule has 0 N–H and O–H groups in total. The molecule has 0 amide bonds. The van der Waals surface area contributed by atoms with Crippen molar-refractivity contribution in [1.82, 2.24) is 9.78 Å². The molecule has 1 aromatic rings. The summed E-state index contributed by atoms with van der Waals surface area (Å²) in [4.78, 5) is 11.7. The van der Waals surface area contributed by atoms with Crippen LogP contribution in [0.1, 0.15) is 12.8 Å². The summed E-state index contributed by atoms with van der Waals surface area (Å²) in [5.74, 6) is 0.427. The molecule has 6 heteroatoms. The van der Waals surface area contributed by atoms with Crippen LogP contribution < -0.4 is 5.56 Å². The van der Waals surface area contributed by atoms with Crippen LogP contribution >= 0.6 is 23.2 Å². The fourth-order valence-electron chi connectivity index (χ4n) is 1.75. The minimum atomic E-state index is -0.319. The van der Waals surface area contributed by atoms with Crippen LogP contribution in [0.2, 0.25) is 10.0 Å². The first kappa shape index (κ1) is 11.9. The molecule has 1 saturated heterocycles. The van der Waals surface area contributed by atoms with Crippen LogP contribution in [0.3, 0.4) is 0 Å². The van der Waals surface area contributed by atoms with Crippen molar-refractivity contribution in [2.45, 2.75) is 19.4 Å². The Kier molecular flexibility index (Phi) is 3.84. The summed E-state index contributed by atoms with van der Waals surface area (Å²) in [6.45, 7) is 2.08. The summed E-state index contributed by atoms with van der Waals surface area (Å²) < 4.78 is 6.63. The van der Waals surface area contributed by atoms with Gasteiger partial charge in [0.15, 0.2) is 0 Å². The van der Waals surface area contributed by atoms with Crippen LogP contribution in [0.5, 0.6) is 0 Å². The van der Waals surface area contributed by atoms with Gasteiger partial charge in [-0.1, -0.05) is 23.2 Å². The molecule has 0 bridgehead atoms. The maximum absolute atomic E-state index is 11.7. The largest absolute Gasteiger partial charge is 0.381 e. The van der Waals surface area contributed by atoms with Gasteiger partial charge >= 0.3 is 0 Å². The molecule has 0 unspecified atom stereocenters. The highest BCUT2D eigenvalue weighted by Crippen LogP contribution is 2.18. The van der Waals surface area contributed by atoms with Gasteiger partial charge in [0.05, 0.1) is 11.2 Å². The average molecular weight is 263 g/mol. The highest BCUT2D eigenvalue weighted by atomic mass is 35.5. The quantitative estimate of drug-likeness (QED) is 0.819. The fraction of sp³-hybridized carbons (Fsp3) is 0.600. The monoisotopic (exact) mass is 262 g/mol. The average Bonchev–Trinajstić information content (AvgIpc) is 2.31. The first-order valence-electron chi connectivity index (χ1n) is 5.17. The van der Waals surface area contributed by atoms with Gasteiger partial charge < -0.3 is 4.74 Å². The molecule has 88 valence electrons. The molecule has 1 aliphatic heterocycles. The van der Waals surface area contributed by atoms with Gasteiger partial charge in [0.25, 0.3) is 5.56 Å². The lowest BCUT2D eigenvalue weighted by Crippen LogP contribution is -2.29. The molecular weight excluding hydrogens is 251 g/mol. The molecule has 16 heavy (non-hydrogen) atoms. The second-order valence-electron chi connectivity index (χ2n) is 3.85. The molecule has 0 radical (unpaired) electrons. The number of ether oxygens (including phenoxy) is 1. The zero-order valence-electron chi connectivity index (χ0n) is 8.66. The van der Waals surface area contributed by atoms with Crippen molar-refractivity contribution in [3.63, 3.8) is 0 Å². The van der Waals surface area contributed by atoms with Crippen molar-refractivity contribution >= 4 is 23.2 Å². The van der Waals surface area contributed by atoms with E-state index in [2.05, 4.69) is 5.10 Å². The van der Waals surface area contributed by atoms with Crippen LogP contribution in [0.25, 0.3) is 0 Å². The van der Waals surface area contributed by atoms with Crippen molar-refractivity contribution < 1.29 is 4.74 Å². The molecule has 1 aliphatic rings. The SMILES string of the molecule is O=c1c(Cl)c(Cl)cnn1CC1CCOCC1. The Balaban J connectivity index is 2.15. The lowest BCUT2D eigenvalue weighted by Gasteiger charge is -2.22. The van der Waals surface area contributed by atoms with Crippen molar-refractivity contribution in [2.24, 2.45) is 5.92 Å². The molecule has 2 rings (SSSR count). The van der Waals surface area contributed by atoms with Gasteiger partial charge in [0.1, 0.15) is 5.02 Å². The maximum atomic E-state index is 11.7. The van der Waals surface area contributed by atoms with Gasteiger partial charge in [0, 0.05) is 19.8 Å². The first-order valence-corrected chi connectivity index (χ1v) is 5.93. The molecule has 0 atom stereocenters. The van der Waals surface area contributed by atoms with E-state index in [-0.39, 0.29) is 15.6 Å². The summed E-state index contributed by atoms with van der Waals surface area (Å²) in [5, 5.41) is 4.23. The summed E-state index contributed by atoms with van der Waals surface area (Å²) in [6, 6.07) is 0. The van der Waals surface area contributed by atoms with Crippen molar-refractivity contribution in [2.75, 3.05) is 13.2 Å². The van der Waals surface area contributed by atoms with Crippen LogP contribution in [-0.4, -0.2) is 23.0 Å². The van der Waals surface area contributed by atoms with E-state index >= 15 is 0 Å². The summed E-state index contributed by atoms with van der Waals surface area (Å²) >= 11 is 11.5. The topological polar surface area (TPSA) is 44.1 Å². The molecule has 0 spiro atoms. The van der Waals surface area contributed by atoms with E-state index in [4.69, 9.17) is 27.9 Å². The van der Waals surface area contributed by atoms with Gasteiger partial charge in [-0.15, -0.1) is 0 Å². The Morgan fingerprint density at radius 1 is 1.44 bits per heavy atom. The van der Waals surface area contributed by atoms with E-state index in [1.54, 1.807) is 0 Å². The first-order chi connectivity index (χ1) is 7.68. The minimum Gasteiger partial charge on any atom is -0.381 e. The number of hydrogen-bond acceptors (Lipinski definition) is 3. The maximum Gasteiger partial charge on any atom is 0.287 e. The molecule has 1 fully saturated rings. The van der Waals surface area contributed by atoms with Crippen LogP contribution in [0.15, 0.2) is 11.0 Å². The van der Waals surface area contributed by atoms with Crippen LogP contribution in [0.4, 0.5) is 0 Å². The Morgan fingerprint density at radius 2 is 2.12 bits per heavy atom. The van der Waals surface area contributed by atoms with E-state index in [1.165, 1.54) is 10.9 Å². The summed E-state index contributed by atoms with van der Waals surface area (Å²) in [5.41, 5.74) is -0.319. The zero-order valence-corrected chi connectivity index (χ0v) is 10.2. The molecule has 0 aromatic carbocycles.